The van der Waals surface area contributed by atoms with Crippen LogP contribution in [0.25, 0.3) is 60.2 Å². The van der Waals surface area contributed by atoms with Gasteiger partial charge in [-0.1, -0.05) is 133 Å². The normalized spacial score (nSPS) is 11.5. The molecule has 0 amide bonds. The minimum absolute atomic E-state index is 1.11. The third-order valence-electron chi connectivity index (χ3n) is 9.12. The van der Waals surface area contributed by atoms with E-state index in [-0.39, 0.29) is 0 Å². The molecule has 0 saturated heterocycles. The molecule has 0 saturated carbocycles. The maximum absolute atomic E-state index is 2.51. The summed E-state index contributed by atoms with van der Waals surface area (Å²) in [4.78, 5) is 2.35. The molecule has 0 radical (unpaired) electrons. The van der Waals surface area contributed by atoms with Gasteiger partial charge in [0.2, 0.25) is 0 Å². The zero-order valence-corrected chi connectivity index (χ0v) is 25.2. The molecule has 0 aliphatic carbocycles. The Kier molecular flexibility index (Phi) is 6.17. The highest BCUT2D eigenvalue weighted by atomic mass is 15.1. The molecule has 0 fully saturated rings. The Morgan fingerprint density at radius 3 is 1.70 bits per heavy atom. The van der Waals surface area contributed by atoms with Crippen LogP contribution in [0.1, 0.15) is 0 Å². The van der Waals surface area contributed by atoms with Crippen LogP contribution in [0.5, 0.6) is 0 Å². The zero-order chi connectivity index (χ0) is 30.5. The summed E-state index contributed by atoms with van der Waals surface area (Å²) in [6.07, 6.45) is 0. The second-order valence-corrected chi connectivity index (χ2v) is 11.8. The number of hydrogen-bond acceptors (Lipinski definition) is 1. The van der Waals surface area contributed by atoms with Gasteiger partial charge >= 0.3 is 0 Å². The molecule has 46 heavy (non-hydrogen) atoms. The first-order valence-electron chi connectivity index (χ1n) is 15.8. The van der Waals surface area contributed by atoms with Crippen LogP contribution in [0.3, 0.4) is 0 Å². The number of para-hydroxylation sites is 2. The van der Waals surface area contributed by atoms with Crippen molar-refractivity contribution < 1.29 is 0 Å². The third-order valence-corrected chi connectivity index (χ3v) is 9.12. The van der Waals surface area contributed by atoms with E-state index in [1.165, 1.54) is 60.2 Å². The van der Waals surface area contributed by atoms with Gasteiger partial charge in [0.05, 0.1) is 16.7 Å². The van der Waals surface area contributed by atoms with Crippen LogP contribution in [-0.2, 0) is 0 Å². The van der Waals surface area contributed by atoms with Crippen LogP contribution in [0.15, 0.2) is 182 Å². The smallest absolute Gasteiger partial charge is 0.0625 e. The molecule has 8 aromatic carbocycles. The average molecular weight is 587 g/mol. The average Bonchev–Trinajstić information content (AvgIpc) is 3.47. The van der Waals surface area contributed by atoms with Crippen LogP contribution in [0.2, 0.25) is 0 Å². The molecule has 9 aromatic rings. The molecule has 0 aliphatic heterocycles. The van der Waals surface area contributed by atoms with Crippen LogP contribution in [0.4, 0.5) is 17.1 Å². The van der Waals surface area contributed by atoms with Crippen molar-refractivity contribution in [2.75, 3.05) is 4.90 Å². The van der Waals surface area contributed by atoms with Gasteiger partial charge in [-0.25, -0.2) is 0 Å². The number of fused-ring (bicyclic) bond motifs is 6. The van der Waals surface area contributed by atoms with Gasteiger partial charge in [0, 0.05) is 38.6 Å². The van der Waals surface area contributed by atoms with E-state index in [1.54, 1.807) is 0 Å². The van der Waals surface area contributed by atoms with E-state index >= 15 is 0 Å². The Morgan fingerprint density at radius 2 is 0.978 bits per heavy atom. The molecule has 0 bridgehead atoms. The molecule has 0 atom stereocenters. The summed E-state index contributed by atoms with van der Waals surface area (Å²) in [5, 5.41) is 7.43. The number of anilines is 3. The summed E-state index contributed by atoms with van der Waals surface area (Å²) in [7, 11) is 0. The number of nitrogens with zero attached hydrogens (tertiary/aromatic N) is 2. The first-order chi connectivity index (χ1) is 22.8. The van der Waals surface area contributed by atoms with Gasteiger partial charge in [0.25, 0.3) is 0 Å². The van der Waals surface area contributed by atoms with Crippen molar-refractivity contribution in [2.24, 2.45) is 0 Å². The van der Waals surface area contributed by atoms with Gasteiger partial charge in [-0.15, -0.1) is 0 Å². The fourth-order valence-electron chi connectivity index (χ4n) is 7.11. The van der Waals surface area contributed by atoms with Gasteiger partial charge in [-0.3, -0.25) is 0 Å². The molecule has 0 spiro atoms. The zero-order valence-electron chi connectivity index (χ0n) is 25.2. The van der Waals surface area contributed by atoms with Crippen LogP contribution < -0.4 is 4.90 Å². The maximum atomic E-state index is 2.51. The lowest BCUT2D eigenvalue weighted by atomic mass is 9.95. The lowest BCUT2D eigenvalue weighted by Gasteiger charge is -2.25. The Labute approximate surface area is 268 Å². The second kappa shape index (κ2) is 10.8. The number of rotatable bonds is 5. The molecular weight excluding hydrogens is 556 g/mol. The van der Waals surface area contributed by atoms with Gasteiger partial charge in [-0.05, 0) is 70.4 Å². The SMILES string of the molecule is c1ccc(-c2cc3ccccc3c3c2c2ccc(N(c4ccccc4)c4ccccc4)cc2n3-c2cccc3ccccc23)cc1. The first kappa shape index (κ1) is 26.3. The molecule has 2 heteroatoms. The van der Waals surface area contributed by atoms with E-state index < -0.39 is 0 Å². The highest BCUT2D eigenvalue weighted by Crippen LogP contribution is 2.45. The summed E-state index contributed by atoms with van der Waals surface area (Å²) in [5.41, 5.74) is 9.40. The minimum atomic E-state index is 1.11. The largest absolute Gasteiger partial charge is 0.310 e. The van der Waals surface area contributed by atoms with Gasteiger partial charge in [0.15, 0.2) is 0 Å². The first-order valence-corrected chi connectivity index (χ1v) is 15.8. The lowest BCUT2D eigenvalue weighted by Crippen LogP contribution is -2.09. The maximum Gasteiger partial charge on any atom is 0.0625 e. The summed E-state index contributed by atoms with van der Waals surface area (Å²) >= 11 is 0. The highest BCUT2D eigenvalue weighted by Gasteiger charge is 2.22. The number of aromatic nitrogens is 1. The van der Waals surface area contributed by atoms with E-state index in [2.05, 4.69) is 191 Å². The van der Waals surface area contributed by atoms with Crippen molar-refractivity contribution >= 4 is 60.4 Å². The molecule has 216 valence electrons. The van der Waals surface area contributed by atoms with Gasteiger partial charge < -0.3 is 9.47 Å². The summed E-state index contributed by atoms with van der Waals surface area (Å²) < 4.78 is 2.51. The quantitative estimate of drug-likeness (QED) is 0.195. The summed E-state index contributed by atoms with van der Waals surface area (Å²) in [6.45, 7) is 0. The second-order valence-electron chi connectivity index (χ2n) is 11.8. The molecule has 0 aliphatic rings. The van der Waals surface area contributed by atoms with Gasteiger partial charge in [0.1, 0.15) is 0 Å². The molecular formula is C44H30N2. The molecule has 0 unspecified atom stereocenters. The predicted molar refractivity (Wildman–Crippen MR) is 196 cm³/mol. The summed E-state index contributed by atoms with van der Waals surface area (Å²) in [6, 6.07) is 65.6. The molecule has 2 nitrogen and oxygen atoms in total. The van der Waals surface area contributed by atoms with Crippen LogP contribution in [-0.4, -0.2) is 4.57 Å². The van der Waals surface area contributed by atoms with E-state index in [4.69, 9.17) is 0 Å². The van der Waals surface area contributed by atoms with Crippen molar-refractivity contribution in [3.05, 3.63) is 182 Å². The van der Waals surface area contributed by atoms with Crippen LogP contribution in [0, 0.1) is 0 Å². The molecule has 9 rings (SSSR count). The van der Waals surface area contributed by atoms with Crippen molar-refractivity contribution in [1.82, 2.24) is 4.57 Å². The van der Waals surface area contributed by atoms with Crippen molar-refractivity contribution in [1.29, 1.82) is 0 Å². The van der Waals surface area contributed by atoms with Crippen LogP contribution >= 0.6 is 0 Å². The minimum Gasteiger partial charge on any atom is -0.310 e. The standard InChI is InChI=1S/C44H30N2/c1-4-15-32(16-5-1)40-29-33-18-11-13-25-38(33)44-43(40)39-28-27-36(45(34-20-6-2-7-21-34)35-22-8-3-9-23-35)30-42(39)46(44)41-26-14-19-31-17-10-12-24-37(31)41/h1-30H. The van der Waals surface area contributed by atoms with Crippen molar-refractivity contribution in [3.8, 4) is 16.8 Å². The fraction of sp³-hybridized carbons (Fsp3) is 0. The molecule has 1 heterocycles. The lowest BCUT2D eigenvalue weighted by molar-refractivity contribution is 1.20. The Hall–Kier alpha value is -6.12. The Balaban J connectivity index is 1.46. The van der Waals surface area contributed by atoms with E-state index in [0.717, 1.165) is 17.1 Å². The third kappa shape index (κ3) is 4.19. The molecule has 1 aromatic heterocycles. The summed E-state index contributed by atoms with van der Waals surface area (Å²) in [5.74, 6) is 0. The Morgan fingerprint density at radius 1 is 0.391 bits per heavy atom. The predicted octanol–water partition coefficient (Wildman–Crippen LogP) is 12.2. The fourth-order valence-corrected chi connectivity index (χ4v) is 7.11. The van der Waals surface area contributed by atoms with Crippen molar-refractivity contribution in [2.45, 2.75) is 0 Å². The van der Waals surface area contributed by atoms with E-state index in [9.17, 15) is 0 Å². The number of benzene rings is 8. The van der Waals surface area contributed by atoms with Crippen molar-refractivity contribution in [3.63, 3.8) is 0 Å². The van der Waals surface area contributed by atoms with E-state index in [1.807, 2.05) is 0 Å². The monoisotopic (exact) mass is 586 g/mol. The van der Waals surface area contributed by atoms with E-state index in [0.29, 0.717) is 0 Å². The van der Waals surface area contributed by atoms with Gasteiger partial charge in [-0.2, -0.15) is 0 Å². The Bertz CT molecular complexity index is 2470. The molecule has 0 N–H and O–H groups in total. The number of hydrogen-bond donors (Lipinski definition) is 0. The highest BCUT2D eigenvalue weighted by molar-refractivity contribution is 6.25. The topological polar surface area (TPSA) is 8.17 Å².